The highest BCUT2D eigenvalue weighted by atomic mass is 32.1. The fourth-order valence-corrected chi connectivity index (χ4v) is 2.87. The number of hydrogen-bond acceptors (Lipinski definition) is 4. The molecule has 1 heterocycles. The molecular weight excluding hydrogens is 270 g/mol. The van der Waals surface area contributed by atoms with Gasteiger partial charge in [-0.05, 0) is 43.3 Å². The van der Waals surface area contributed by atoms with Crippen LogP contribution in [0.3, 0.4) is 0 Å². The molecule has 1 aromatic heterocycles. The number of carbonyl (C=O) groups is 1. The highest BCUT2D eigenvalue weighted by Gasteiger charge is 2.07. The van der Waals surface area contributed by atoms with Gasteiger partial charge >= 0.3 is 0 Å². The van der Waals surface area contributed by atoms with Crippen LogP contribution in [0.2, 0.25) is 0 Å². The van der Waals surface area contributed by atoms with Crippen molar-refractivity contribution >= 4 is 38.8 Å². The Bertz CT molecular complexity index is 795. The Kier molecular flexibility index (Phi) is 3.12. The SMILES string of the molecule is Cc1nc2ccc(NC(=O)c3cccc(N)c3)cc2s1. The number of hydrogen-bond donors (Lipinski definition) is 2. The van der Waals surface area contributed by atoms with Crippen LogP contribution in [-0.4, -0.2) is 10.9 Å². The second-order valence-corrected chi connectivity index (χ2v) is 5.73. The molecule has 0 aliphatic rings. The van der Waals surface area contributed by atoms with E-state index in [1.807, 2.05) is 25.1 Å². The van der Waals surface area contributed by atoms with Gasteiger partial charge in [0.2, 0.25) is 0 Å². The molecule has 3 aromatic rings. The van der Waals surface area contributed by atoms with Crippen LogP contribution in [0.1, 0.15) is 15.4 Å². The van der Waals surface area contributed by atoms with E-state index in [4.69, 9.17) is 5.73 Å². The predicted octanol–water partition coefficient (Wildman–Crippen LogP) is 3.44. The molecule has 0 saturated heterocycles. The maximum atomic E-state index is 12.1. The van der Waals surface area contributed by atoms with Crippen molar-refractivity contribution in [3.8, 4) is 0 Å². The van der Waals surface area contributed by atoms with Crippen molar-refractivity contribution in [2.75, 3.05) is 11.1 Å². The van der Waals surface area contributed by atoms with E-state index < -0.39 is 0 Å². The molecule has 0 radical (unpaired) electrons. The molecule has 0 bridgehead atoms. The lowest BCUT2D eigenvalue weighted by Crippen LogP contribution is -2.11. The number of nitrogens with two attached hydrogens (primary N) is 1. The third-order valence-electron chi connectivity index (χ3n) is 2.90. The topological polar surface area (TPSA) is 68.0 Å². The smallest absolute Gasteiger partial charge is 0.255 e. The quantitative estimate of drug-likeness (QED) is 0.708. The van der Waals surface area contributed by atoms with E-state index in [9.17, 15) is 4.79 Å². The molecule has 1 amide bonds. The second kappa shape index (κ2) is 4.94. The van der Waals surface area contributed by atoms with Crippen molar-refractivity contribution < 1.29 is 4.79 Å². The summed E-state index contributed by atoms with van der Waals surface area (Å²) in [6, 6.07) is 12.6. The molecule has 0 fully saturated rings. The number of carbonyl (C=O) groups excluding carboxylic acids is 1. The number of nitrogens with one attached hydrogen (secondary N) is 1. The first-order chi connectivity index (χ1) is 9.61. The average molecular weight is 283 g/mol. The van der Waals surface area contributed by atoms with E-state index in [0.29, 0.717) is 11.3 Å². The first-order valence-electron chi connectivity index (χ1n) is 6.16. The second-order valence-electron chi connectivity index (χ2n) is 4.49. The molecule has 0 unspecified atom stereocenters. The van der Waals surface area contributed by atoms with Crippen LogP contribution >= 0.6 is 11.3 Å². The molecule has 100 valence electrons. The molecule has 3 rings (SSSR count). The number of anilines is 2. The molecule has 0 aliphatic heterocycles. The van der Waals surface area contributed by atoms with E-state index >= 15 is 0 Å². The van der Waals surface area contributed by atoms with Crippen LogP contribution in [0, 0.1) is 6.92 Å². The van der Waals surface area contributed by atoms with E-state index in [1.165, 1.54) is 0 Å². The Labute approximate surface area is 120 Å². The number of aromatic nitrogens is 1. The Morgan fingerprint density at radius 1 is 1.25 bits per heavy atom. The number of benzene rings is 2. The maximum absolute atomic E-state index is 12.1. The summed E-state index contributed by atoms with van der Waals surface area (Å²) in [4.78, 5) is 16.5. The van der Waals surface area contributed by atoms with Crippen LogP contribution in [0.5, 0.6) is 0 Å². The highest BCUT2D eigenvalue weighted by Crippen LogP contribution is 2.25. The van der Waals surface area contributed by atoms with E-state index in [1.54, 1.807) is 35.6 Å². The third kappa shape index (κ3) is 2.48. The van der Waals surface area contributed by atoms with Crippen molar-refractivity contribution in [2.45, 2.75) is 6.92 Å². The summed E-state index contributed by atoms with van der Waals surface area (Å²) in [6.45, 7) is 1.97. The van der Waals surface area contributed by atoms with E-state index in [2.05, 4.69) is 10.3 Å². The zero-order chi connectivity index (χ0) is 14.1. The van der Waals surface area contributed by atoms with Gasteiger partial charge in [0, 0.05) is 16.9 Å². The van der Waals surface area contributed by atoms with Gasteiger partial charge in [-0.2, -0.15) is 0 Å². The summed E-state index contributed by atoms with van der Waals surface area (Å²) < 4.78 is 1.06. The number of fused-ring (bicyclic) bond motifs is 1. The molecule has 0 aliphatic carbocycles. The molecule has 0 atom stereocenters. The fraction of sp³-hybridized carbons (Fsp3) is 0.0667. The van der Waals surface area contributed by atoms with Crippen LogP contribution in [0.15, 0.2) is 42.5 Å². The van der Waals surface area contributed by atoms with Crippen molar-refractivity contribution in [3.63, 3.8) is 0 Å². The van der Waals surface area contributed by atoms with Crippen LogP contribution in [0.4, 0.5) is 11.4 Å². The number of amides is 1. The fourth-order valence-electron chi connectivity index (χ4n) is 2.00. The normalized spacial score (nSPS) is 10.7. The molecule has 0 saturated carbocycles. The number of rotatable bonds is 2. The molecular formula is C15H13N3OS. The molecule has 3 N–H and O–H groups in total. The highest BCUT2D eigenvalue weighted by molar-refractivity contribution is 7.18. The van der Waals surface area contributed by atoms with E-state index in [0.717, 1.165) is 20.9 Å². The molecule has 20 heavy (non-hydrogen) atoms. The lowest BCUT2D eigenvalue weighted by Gasteiger charge is -2.05. The van der Waals surface area contributed by atoms with Gasteiger partial charge in [0.25, 0.3) is 5.91 Å². The number of thiazole rings is 1. The van der Waals surface area contributed by atoms with Gasteiger partial charge in [-0.25, -0.2) is 4.98 Å². The predicted molar refractivity (Wildman–Crippen MR) is 83.2 cm³/mol. The monoisotopic (exact) mass is 283 g/mol. The lowest BCUT2D eigenvalue weighted by molar-refractivity contribution is 0.102. The Morgan fingerprint density at radius 2 is 2.10 bits per heavy atom. The zero-order valence-corrected chi connectivity index (χ0v) is 11.7. The van der Waals surface area contributed by atoms with Crippen LogP contribution < -0.4 is 11.1 Å². The first-order valence-corrected chi connectivity index (χ1v) is 6.97. The van der Waals surface area contributed by atoms with Gasteiger partial charge in [-0.1, -0.05) is 6.07 Å². The Balaban J connectivity index is 1.87. The summed E-state index contributed by atoms with van der Waals surface area (Å²) >= 11 is 1.61. The number of nitrogens with zero attached hydrogens (tertiary/aromatic N) is 1. The summed E-state index contributed by atoms with van der Waals surface area (Å²) in [5, 5.41) is 3.88. The van der Waals surface area contributed by atoms with Gasteiger partial charge in [-0.3, -0.25) is 4.79 Å². The van der Waals surface area contributed by atoms with Gasteiger partial charge < -0.3 is 11.1 Å². The summed E-state index contributed by atoms with van der Waals surface area (Å²) in [5.41, 5.74) is 8.51. The van der Waals surface area contributed by atoms with E-state index in [-0.39, 0.29) is 5.91 Å². The van der Waals surface area contributed by atoms with Crippen molar-refractivity contribution in [1.82, 2.24) is 4.98 Å². The minimum absolute atomic E-state index is 0.169. The number of aryl methyl sites for hydroxylation is 1. The lowest BCUT2D eigenvalue weighted by atomic mass is 10.2. The number of nitrogen functional groups attached to an aromatic ring is 1. The van der Waals surface area contributed by atoms with Gasteiger partial charge in [-0.15, -0.1) is 11.3 Å². The minimum Gasteiger partial charge on any atom is -0.399 e. The summed E-state index contributed by atoms with van der Waals surface area (Å²) in [5.74, 6) is -0.169. The van der Waals surface area contributed by atoms with Crippen molar-refractivity contribution in [1.29, 1.82) is 0 Å². The van der Waals surface area contributed by atoms with Crippen LogP contribution in [0.25, 0.3) is 10.2 Å². The summed E-state index contributed by atoms with van der Waals surface area (Å²) in [7, 11) is 0. The van der Waals surface area contributed by atoms with Gasteiger partial charge in [0.1, 0.15) is 0 Å². The van der Waals surface area contributed by atoms with Crippen molar-refractivity contribution in [2.24, 2.45) is 0 Å². The zero-order valence-electron chi connectivity index (χ0n) is 10.9. The maximum Gasteiger partial charge on any atom is 0.255 e. The largest absolute Gasteiger partial charge is 0.399 e. The van der Waals surface area contributed by atoms with Crippen molar-refractivity contribution in [3.05, 3.63) is 53.0 Å². The van der Waals surface area contributed by atoms with Gasteiger partial charge in [0.05, 0.1) is 15.2 Å². The molecule has 2 aromatic carbocycles. The molecule has 0 spiro atoms. The minimum atomic E-state index is -0.169. The van der Waals surface area contributed by atoms with Crippen LogP contribution in [-0.2, 0) is 0 Å². The third-order valence-corrected chi connectivity index (χ3v) is 3.84. The Morgan fingerprint density at radius 3 is 2.90 bits per heavy atom. The summed E-state index contributed by atoms with van der Waals surface area (Å²) in [6.07, 6.45) is 0. The molecule has 5 heteroatoms. The average Bonchev–Trinajstić information content (AvgIpc) is 2.78. The standard InChI is InChI=1S/C15H13N3OS/c1-9-17-13-6-5-12(8-14(13)20-9)18-15(19)10-3-2-4-11(16)7-10/h2-8H,16H2,1H3,(H,18,19). The molecule has 4 nitrogen and oxygen atoms in total. The first kappa shape index (κ1) is 12.6. The van der Waals surface area contributed by atoms with Gasteiger partial charge in [0.15, 0.2) is 0 Å². The Hall–Kier alpha value is -2.40.